The van der Waals surface area contributed by atoms with Crippen molar-refractivity contribution in [3.8, 4) is 0 Å². The Labute approximate surface area is 96.5 Å². The number of benzene rings is 1. The zero-order chi connectivity index (χ0) is 11.0. The zero-order valence-corrected chi connectivity index (χ0v) is 9.05. The van der Waals surface area contributed by atoms with Crippen LogP contribution < -0.4 is 0 Å². The first-order valence-electron chi connectivity index (χ1n) is 4.83. The largest absolute Gasteiger partial charge is 0.457 e. The summed E-state index contributed by atoms with van der Waals surface area (Å²) in [5, 5.41) is 5.58. The van der Waals surface area contributed by atoms with Gasteiger partial charge in [-0.3, -0.25) is 0 Å². The van der Waals surface area contributed by atoms with E-state index in [9.17, 15) is 0 Å². The minimum absolute atomic E-state index is 0.494. The average molecular weight is 234 g/mol. The van der Waals surface area contributed by atoms with Gasteiger partial charge in [-0.25, -0.2) is 9.67 Å². The number of rotatable bonds is 2. The third kappa shape index (κ3) is 1.47. The summed E-state index contributed by atoms with van der Waals surface area (Å²) in [5.41, 5.74) is 0.794. The number of halogens is 1. The van der Waals surface area contributed by atoms with Crippen LogP contribution in [0, 0.1) is 0 Å². The summed E-state index contributed by atoms with van der Waals surface area (Å²) in [6, 6.07) is 7.68. The summed E-state index contributed by atoms with van der Waals surface area (Å²) in [5.74, 6) is 0.702. The second-order valence-corrected chi connectivity index (χ2v) is 3.81. The molecule has 0 radical (unpaired) electrons. The van der Waals surface area contributed by atoms with E-state index in [0.29, 0.717) is 17.3 Å². The molecule has 1 aromatic carbocycles. The molecular weight excluding hydrogens is 226 g/mol. The van der Waals surface area contributed by atoms with Crippen molar-refractivity contribution in [2.24, 2.45) is 0 Å². The molecule has 2 heterocycles. The third-order valence-electron chi connectivity index (χ3n) is 2.37. The number of furan rings is 1. The van der Waals surface area contributed by atoms with Crippen molar-refractivity contribution in [1.82, 2.24) is 14.8 Å². The van der Waals surface area contributed by atoms with E-state index in [4.69, 9.17) is 16.0 Å². The molecule has 0 amide bonds. The van der Waals surface area contributed by atoms with Crippen molar-refractivity contribution in [3.05, 3.63) is 47.7 Å². The first-order valence-corrected chi connectivity index (χ1v) is 5.21. The van der Waals surface area contributed by atoms with Crippen LogP contribution in [-0.2, 0) is 6.54 Å². The lowest BCUT2D eigenvalue weighted by Crippen LogP contribution is -1.98. The molecule has 4 nitrogen and oxygen atoms in total. The number of fused-ring (bicyclic) bond motifs is 1. The molecule has 2 aromatic heterocycles. The summed E-state index contributed by atoms with van der Waals surface area (Å²) in [6.07, 6.45) is 3.11. The van der Waals surface area contributed by atoms with E-state index in [1.165, 1.54) is 6.33 Å². The molecule has 0 N–H and O–H groups in total. The number of para-hydroxylation sites is 1. The molecule has 5 heteroatoms. The summed E-state index contributed by atoms with van der Waals surface area (Å²) < 4.78 is 7.32. The highest BCUT2D eigenvalue weighted by Gasteiger charge is 2.12. The van der Waals surface area contributed by atoms with Crippen molar-refractivity contribution in [2.75, 3.05) is 0 Å². The second-order valence-electron chi connectivity index (χ2n) is 3.43. The Morgan fingerprint density at radius 3 is 2.94 bits per heavy atom. The van der Waals surface area contributed by atoms with Crippen molar-refractivity contribution < 1.29 is 4.42 Å². The number of nitrogens with zero attached hydrogens (tertiary/aromatic N) is 3. The van der Waals surface area contributed by atoms with Gasteiger partial charge in [-0.2, -0.15) is 5.10 Å². The molecule has 80 valence electrons. The first kappa shape index (κ1) is 9.42. The van der Waals surface area contributed by atoms with Crippen LogP contribution in [0.1, 0.15) is 5.76 Å². The smallest absolute Gasteiger partial charge is 0.145 e. The molecule has 3 aromatic rings. The molecule has 0 bridgehead atoms. The van der Waals surface area contributed by atoms with E-state index in [-0.39, 0.29) is 0 Å². The molecule has 0 atom stereocenters. The molecule has 0 aliphatic heterocycles. The van der Waals surface area contributed by atoms with Crippen molar-refractivity contribution in [3.63, 3.8) is 0 Å². The highest BCUT2D eigenvalue weighted by Crippen LogP contribution is 2.30. The third-order valence-corrected chi connectivity index (χ3v) is 2.79. The monoisotopic (exact) mass is 233 g/mol. The lowest BCUT2D eigenvalue weighted by Gasteiger charge is -1.96. The molecular formula is C11H8ClN3O. The summed E-state index contributed by atoms with van der Waals surface area (Å²) in [4.78, 5) is 3.87. The molecule has 3 rings (SSSR count). The van der Waals surface area contributed by atoms with Crippen LogP contribution in [0.4, 0.5) is 0 Å². The Balaban J connectivity index is 2.07. The zero-order valence-electron chi connectivity index (χ0n) is 8.30. The average Bonchev–Trinajstić information content (AvgIpc) is 2.90. The molecule has 0 aliphatic carbocycles. The van der Waals surface area contributed by atoms with Crippen LogP contribution >= 0.6 is 11.6 Å². The Morgan fingerprint density at radius 2 is 2.19 bits per heavy atom. The van der Waals surface area contributed by atoms with Crippen molar-refractivity contribution in [2.45, 2.75) is 6.54 Å². The van der Waals surface area contributed by atoms with Gasteiger partial charge in [0.05, 0.1) is 5.02 Å². The molecule has 0 saturated heterocycles. The predicted molar refractivity (Wildman–Crippen MR) is 60.3 cm³/mol. The SMILES string of the molecule is Clc1c(Cn2cncn2)oc2ccccc12. The molecule has 0 unspecified atom stereocenters. The summed E-state index contributed by atoms with van der Waals surface area (Å²) >= 11 is 6.22. The fourth-order valence-electron chi connectivity index (χ4n) is 1.63. The highest BCUT2D eigenvalue weighted by molar-refractivity contribution is 6.36. The fraction of sp³-hybridized carbons (Fsp3) is 0.0909. The van der Waals surface area contributed by atoms with Crippen LogP contribution in [0.2, 0.25) is 5.02 Å². The van der Waals surface area contributed by atoms with E-state index >= 15 is 0 Å². The van der Waals surface area contributed by atoms with Gasteiger partial charge >= 0.3 is 0 Å². The van der Waals surface area contributed by atoms with Gasteiger partial charge in [-0.1, -0.05) is 23.7 Å². The van der Waals surface area contributed by atoms with Crippen LogP contribution in [0.25, 0.3) is 11.0 Å². The van der Waals surface area contributed by atoms with Crippen LogP contribution in [0.3, 0.4) is 0 Å². The van der Waals surface area contributed by atoms with Crippen LogP contribution in [-0.4, -0.2) is 14.8 Å². The maximum Gasteiger partial charge on any atom is 0.145 e. The normalized spacial score (nSPS) is 11.1. The molecule has 0 saturated carbocycles. The number of hydrogen-bond donors (Lipinski definition) is 0. The van der Waals surface area contributed by atoms with Crippen LogP contribution in [0.5, 0.6) is 0 Å². The maximum atomic E-state index is 6.22. The van der Waals surface area contributed by atoms with Gasteiger partial charge in [0, 0.05) is 5.39 Å². The predicted octanol–water partition coefficient (Wildman–Crippen LogP) is 2.73. The Morgan fingerprint density at radius 1 is 1.31 bits per heavy atom. The maximum absolute atomic E-state index is 6.22. The standard InChI is InChI=1S/C11H8ClN3O/c12-11-8-3-1-2-4-9(8)16-10(11)5-15-7-13-6-14-15/h1-4,6-7H,5H2. The lowest BCUT2D eigenvalue weighted by molar-refractivity contribution is 0.509. The minimum atomic E-state index is 0.494. The van der Waals surface area contributed by atoms with E-state index in [2.05, 4.69) is 10.1 Å². The first-order chi connectivity index (χ1) is 7.84. The van der Waals surface area contributed by atoms with Gasteiger partial charge < -0.3 is 4.42 Å². The number of hydrogen-bond acceptors (Lipinski definition) is 3. The molecule has 0 aliphatic rings. The van der Waals surface area contributed by atoms with Crippen LogP contribution in [0.15, 0.2) is 41.3 Å². The topological polar surface area (TPSA) is 43.9 Å². The van der Waals surface area contributed by atoms with Crippen molar-refractivity contribution >= 4 is 22.6 Å². The van der Waals surface area contributed by atoms with Gasteiger partial charge in [0.15, 0.2) is 0 Å². The van der Waals surface area contributed by atoms with Gasteiger partial charge in [0.1, 0.15) is 30.5 Å². The Kier molecular flexibility index (Phi) is 2.15. The number of aromatic nitrogens is 3. The van der Waals surface area contributed by atoms with Gasteiger partial charge in [-0.15, -0.1) is 0 Å². The quantitative estimate of drug-likeness (QED) is 0.684. The summed E-state index contributed by atoms with van der Waals surface area (Å²) in [6.45, 7) is 0.494. The van der Waals surface area contributed by atoms with Crippen molar-refractivity contribution in [1.29, 1.82) is 0 Å². The van der Waals surface area contributed by atoms with Gasteiger partial charge in [-0.05, 0) is 12.1 Å². The fourth-order valence-corrected chi connectivity index (χ4v) is 1.88. The van der Waals surface area contributed by atoms with Gasteiger partial charge in [0.25, 0.3) is 0 Å². The molecule has 0 spiro atoms. The molecule has 0 fully saturated rings. The Hall–Kier alpha value is -1.81. The van der Waals surface area contributed by atoms with E-state index in [0.717, 1.165) is 11.0 Å². The van der Waals surface area contributed by atoms with E-state index in [1.807, 2.05) is 24.3 Å². The second kappa shape index (κ2) is 3.64. The minimum Gasteiger partial charge on any atom is -0.457 e. The summed E-state index contributed by atoms with van der Waals surface area (Å²) in [7, 11) is 0. The van der Waals surface area contributed by atoms with Gasteiger partial charge in [0.2, 0.25) is 0 Å². The lowest BCUT2D eigenvalue weighted by atomic mass is 10.2. The Bertz CT molecular complexity index is 615. The van der Waals surface area contributed by atoms with E-state index < -0.39 is 0 Å². The molecule has 16 heavy (non-hydrogen) atoms. The van der Waals surface area contributed by atoms with E-state index in [1.54, 1.807) is 11.0 Å². The highest BCUT2D eigenvalue weighted by atomic mass is 35.5.